The van der Waals surface area contributed by atoms with Gasteiger partial charge in [0.1, 0.15) is 5.78 Å². The van der Waals surface area contributed by atoms with Crippen molar-refractivity contribution in [3.8, 4) is 0 Å². The van der Waals surface area contributed by atoms with Crippen LogP contribution in [0.25, 0.3) is 0 Å². The maximum Gasteiger partial charge on any atom is 0.349 e. The first-order chi connectivity index (χ1) is 6.31. The smallest absolute Gasteiger partial charge is 0.338 e. The summed E-state index contributed by atoms with van der Waals surface area (Å²) in [6.07, 6.45) is 0. The number of carbonyl (C=O) groups is 1. The molecule has 0 heterocycles. The Hall–Kier alpha value is -0.640. The highest BCUT2D eigenvalue weighted by atomic mass is 31.2. The molecule has 0 aromatic heterocycles. The van der Waals surface area contributed by atoms with Crippen molar-refractivity contribution in [1.82, 2.24) is 5.32 Å². The summed E-state index contributed by atoms with van der Waals surface area (Å²) in [5.41, 5.74) is 0.286. The quantitative estimate of drug-likeness (QED) is 0.541. The maximum atomic E-state index is 11.4. The van der Waals surface area contributed by atoms with Crippen LogP contribution in [0.4, 0.5) is 0 Å². The Bertz CT molecular complexity index is 277. The van der Waals surface area contributed by atoms with Crippen molar-refractivity contribution in [2.75, 3.05) is 6.61 Å². The van der Waals surface area contributed by atoms with Crippen LogP contribution in [0.1, 0.15) is 20.8 Å². The first-order valence-corrected chi connectivity index (χ1v) is 5.89. The summed E-state index contributed by atoms with van der Waals surface area (Å²) in [5.74, 6) is -1.38. The molecule has 2 atom stereocenters. The summed E-state index contributed by atoms with van der Waals surface area (Å²) in [7, 11) is -3.75. The molecule has 0 radical (unpaired) electrons. The van der Waals surface area contributed by atoms with Gasteiger partial charge in [-0.2, -0.15) is 0 Å². The van der Waals surface area contributed by atoms with E-state index in [0.29, 0.717) is 0 Å². The fourth-order valence-corrected chi connectivity index (χ4v) is 1.57. The summed E-state index contributed by atoms with van der Waals surface area (Å²) in [4.78, 5) is 20.4. The van der Waals surface area contributed by atoms with Gasteiger partial charge < -0.3 is 14.7 Å². The minimum absolute atomic E-state index is 0.126. The van der Waals surface area contributed by atoms with Crippen LogP contribution in [0.5, 0.6) is 0 Å². The molecule has 0 aliphatic carbocycles. The number of rotatable bonds is 5. The Morgan fingerprint density at radius 2 is 2.21 bits per heavy atom. The topological polar surface area (TPSA) is 75.6 Å². The zero-order valence-electron chi connectivity index (χ0n) is 8.61. The standard InChI is InChI=1S/C8H16NO4P/c1-5-13-14(11,12)7(4)9-8(10)6(2)3/h7H,2,5H2,1,3-4H3,(H,9,10)(H,11,12). The van der Waals surface area contributed by atoms with Crippen molar-refractivity contribution in [3.05, 3.63) is 12.2 Å². The minimum atomic E-state index is -3.75. The Balaban J connectivity index is 4.34. The van der Waals surface area contributed by atoms with Gasteiger partial charge in [-0.15, -0.1) is 0 Å². The third kappa shape index (κ3) is 4.05. The normalized spacial score (nSPS) is 16.9. The number of nitrogens with one attached hydrogen (secondary N) is 1. The van der Waals surface area contributed by atoms with E-state index in [1.165, 1.54) is 13.8 Å². The van der Waals surface area contributed by atoms with E-state index in [-0.39, 0.29) is 12.2 Å². The van der Waals surface area contributed by atoms with Crippen molar-refractivity contribution in [3.63, 3.8) is 0 Å². The number of amides is 1. The zero-order chi connectivity index (χ0) is 11.4. The van der Waals surface area contributed by atoms with E-state index in [4.69, 9.17) is 0 Å². The second-order valence-corrected chi connectivity index (χ2v) is 5.07. The first kappa shape index (κ1) is 13.4. The molecule has 5 nitrogen and oxygen atoms in total. The summed E-state index contributed by atoms with van der Waals surface area (Å²) in [5, 5.41) is 2.33. The molecule has 0 rings (SSSR count). The number of carbonyl (C=O) groups excluding carboxylic acids is 1. The Kier molecular flexibility index (Phi) is 5.05. The van der Waals surface area contributed by atoms with Crippen LogP contribution in [-0.4, -0.2) is 23.2 Å². The van der Waals surface area contributed by atoms with Crippen molar-refractivity contribution >= 4 is 13.5 Å². The minimum Gasteiger partial charge on any atom is -0.338 e. The van der Waals surface area contributed by atoms with E-state index in [2.05, 4.69) is 16.4 Å². The maximum absolute atomic E-state index is 11.4. The fourth-order valence-electron chi connectivity index (χ4n) is 0.691. The molecule has 0 spiro atoms. The molecule has 0 saturated carbocycles. The highest BCUT2D eigenvalue weighted by Crippen LogP contribution is 2.45. The molecule has 0 aliphatic rings. The summed E-state index contributed by atoms with van der Waals surface area (Å²) < 4.78 is 16.0. The molecule has 6 heteroatoms. The van der Waals surface area contributed by atoms with Gasteiger partial charge in [-0.05, 0) is 20.8 Å². The van der Waals surface area contributed by atoms with Crippen molar-refractivity contribution < 1.29 is 18.8 Å². The van der Waals surface area contributed by atoms with Gasteiger partial charge in [0, 0.05) is 5.57 Å². The summed E-state index contributed by atoms with van der Waals surface area (Å²) in [6, 6.07) is 0. The van der Waals surface area contributed by atoms with Gasteiger partial charge in [0.25, 0.3) is 0 Å². The molecule has 0 aromatic carbocycles. The van der Waals surface area contributed by atoms with E-state index >= 15 is 0 Å². The van der Waals surface area contributed by atoms with Gasteiger partial charge >= 0.3 is 7.60 Å². The summed E-state index contributed by atoms with van der Waals surface area (Å²) in [6.45, 7) is 8.08. The average molecular weight is 221 g/mol. The van der Waals surface area contributed by atoms with Crippen LogP contribution in [0.15, 0.2) is 12.2 Å². The van der Waals surface area contributed by atoms with E-state index in [1.54, 1.807) is 6.92 Å². The fraction of sp³-hybridized carbons (Fsp3) is 0.625. The second kappa shape index (κ2) is 5.29. The lowest BCUT2D eigenvalue weighted by Gasteiger charge is -2.19. The summed E-state index contributed by atoms with van der Waals surface area (Å²) >= 11 is 0. The monoisotopic (exact) mass is 221 g/mol. The van der Waals surface area contributed by atoms with Gasteiger partial charge in [0.2, 0.25) is 5.91 Å². The van der Waals surface area contributed by atoms with Crippen LogP contribution in [0.3, 0.4) is 0 Å². The lowest BCUT2D eigenvalue weighted by molar-refractivity contribution is -0.117. The third-order valence-corrected chi connectivity index (χ3v) is 3.27. The Morgan fingerprint density at radius 1 is 1.71 bits per heavy atom. The molecule has 1 amide bonds. The van der Waals surface area contributed by atoms with Crippen LogP contribution >= 0.6 is 7.60 Å². The van der Waals surface area contributed by atoms with Gasteiger partial charge in [-0.1, -0.05) is 6.58 Å². The molecule has 0 fully saturated rings. The molecule has 2 unspecified atom stereocenters. The van der Waals surface area contributed by atoms with Gasteiger partial charge in [0.15, 0.2) is 0 Å². The van der Waals surface area contributed by atoms with Crippen LogP contribution in [-0.2, 0) is 13.9 Å². The van der Waals surface area contributed by atoms with E-state index < -0.39 is 19.3 Å². The number of hydrogen-bond donors (Lipinski definition) is 2. The largest absolute Gasteiger partial charge is 0.349 e. The predicted molar refractivity (Wildman–Crippen MR) is 53.9 cm³/mol. The molecular weight excluding hydrogens is 205 g/mol. The zero-order valence-corrected chi connectivity index (χ0v) is 9.51. The highest BCUT2D eigenvalue weighted by Gasteiger charge is 2.29. The van der Waals surface area contributed by atoms with Gasteiger partial charge in [0.05, 0.1) is 6.61 Å². The molecule has 14 heavy (non-hydrogen) atoms. The molecule has 2 N–H and O–H groups in total. The van der Waals surface area contributed by atoms with E-state index in [9.17, 15) is 14.3 Å². The SMILES string of the molecule is C=C(C)C(=O)NC(C)P(=O)(O)OCC. The first-order valence-electron chi connectivity index (χ1n) is 4.24. The molecule has 0 aromatic rings. The molecule has 0 saturated heterocycles. The molecule has 82 valence electrons. The molecular formula is C8H16NO4P. The molecule has 0 bridgehead atoms. The lowest BCUT2D eigenvalue weighted by atomic mass is 10.3. The lowest BCUT2D eigenvalue weighted by Crippen LogP contribution is -2.33. The van der Waals surface area contributed by atoms with Crippen LogP contribution in [0.2, 0.25) is 0 Å². The van der Waals surface area contributed by atoms with Gasteiger partial charge in [-0.25, -0.2) is 0 Å². The van der Waals surface area contributed by atoms with Crippen LogP contribution in [0, 0.1) is 0 Å². The van der Waals surface area contributed by atoms with Crippen molar-refractivity contribution in [2.45, 2.75) is 26.6 Å². The molecule has 0 aliphatic heterocycles. The highest BCUT2D eigenvalue weighted by molar-refractivity contribution is 7.53. The Labute approximate surface area is 83.7 Å². The average Bonchev–Trinajstić information content (AvgIpc) is 2.03. The third-order valence-electron chi connectivity index (χ3n) is 1.53. The van der Waals surface area contributed by atoms with Crippen molar-refractivity contribution in [2.24, 2.45) is 0 Å². The van der Waals surface area contributed by atoms with E-state index in [1.807, 2.05) is 0 Å². The van der Waals surface area contributed by atoms with Gasteiger partial charge in [-0.3, -0.25) is 9.36 Å². The van der Waals surface area contributed by atoms with Crippen molar-refractivity contribution in [1.29, 1.82) is 0 Å². The number of hydrogen-bond acceptors (Lipinski definition) is 3. The van der Waals surface area contributed by atoms with Crippen LogP contribution < -0.4 is 5.32 Å². The van der Waals surface area contributed by atoms with E-state index in [0.717, 1.165) is 0 Å². The Morgan fingerprint density at radius 3 is 2.57 bits per heavy atom. The predicted octanol–water partition coefficient (Wildman–Crippen LogP) is 1.25. The second-order valence-electron chi connectivity index (χ2n) is 2.91.